The van der Waals surface area contributed by atoms with Crippen molar-refractivity contribution < 1.29 is 9.53 Å². The zero-order valence-corrected chi connectivity index (χ0v) is 12.6. The molecule has 0 radical (unpaired) electrons. The highest BCUT2D eigenvalue weighted by atomic mass is 16.5. The number of nitrogens with zero attached hydrogens (tertiary/aromatic N) is 1. The van der Waals surface area contributed by atoms with Crippen LogP contribution in [0.5, 0.6) is 0 Å². The van der Waals surface area contributed by atoms with Gasteiger partial charge in [-0.25, -0.2) is 0 Å². The molecule has 1 fully saturated rings. The molecule has 1 amide bonds. The van der Waals surface area contributed by atoms with E-state index >= 15 is 0 Å². The van der Waals surface area contributed by atoms with Gasteiger partial charge in [-0.15, -0.1) is 0 Å². The van der Waals surface area contributed by atoms with Crippen LogP contribution in [0.15, 0.2) is 12.3 Å². The second-order valence-corrected chi connectivity index (χ2v) is 5.54. The zero-order valence-electron chi connectivity index (χ0n) is 12.6. The molecule has 2 atom stereocenters. The molecule has 2 unspecified atom stereocenters. The lowest BCUT2D eigenvalue weighted by Crippen LogP contribution is -2.50. The maximum Gasteiger partial charge on any atom is 0.255 e. The summed E-state index contributed by atoms with van der Waals surface area (Å²) in [6.45, 7) is 9.38. The molecule has 5 heteroatoms. The van der Waals surface area contributed by atoms with Crippen molar-refractivity contribution in [2.45, 2.75) is 45.8 Å². The molecular weight excluding hydrogens is 254 g/mol. The molecule has 110 valence electrons. The number of anilines is 1. The lowest BCUT2D eigenvalue weighted by Gasteiger charge is -2.29. The molecule has 1 aromatic heterocycles. The summed E-state index contributed by atoms with van der Waals surface area (Å²) in [5, 5.41) is 6.31. The van der Waals surface area contributed by atoms with Crippen molar-refractivity contribution in [3.05, 3.63) is 23.5 Å². The summed E-state index contributed by atoms with van der Waals surface area (Å²) in [6.07, 6.45) is 2.48. The fourth-order valence-corrected chi connectivity index (χ4v) is 2.40. The number of hydrogen-bond donors (Lipinski definition) is 2. The molecule has 2 N–H and O–H groups in total. The van der Waals surface area contributed by atoms with E-state index in [1.807, 2.05) is 33.8 Å². The van der Waals surface area contributed by atoms with Gasteiger partial charge in [0.1, 0.15) is 0 Å². The number of aromatic nitrogens is 1. The Labute approximate surface area is 120 Å². The van der Waals surface area contributed by atoms with E-state index in [9.17, 15) is 4.79 Å². The number of ether oxygens (including phenoxy) is 1. The number of carbonyl (C=O) groups excluding carboxylic acids is 1. The first-order valence-electron chi connectivity index (χ1n) is 7.11. The predicted octanol–water partition coefficient (Wildman–Crippen LogP) is 2.12. The summed E-state index contributed by atoms with van der Waals surface area (Å²) < 4.78 is 5.56. The molecule has 5 nitrogen and oxygen atoms in total. The molecule has 1 saturated heterocycles. The Kier molecular flexibility index (Phi) is 4.28. The lowest BCUT2D eigenvalue weighted by molar-refractivity contribution is 0.0727. The molecule has 20 heavy (non-hydrogen) atoms. The van der Waals surface area contributed by atoms with Gasteiger partial charge >= 0.3 is 0 Å². The summed E-state index contributed by atoms with van der Waals surface area (Å²) in [5.74, 6) is -0.103. The SMILES string of the molecule is CCNc1cc(C)ncc1C(=O)NC1(C)CCOC1C. The number of hydrogen-bond acceptors (Lipinski definition) is 4. The first-order chi connectivity index (χ1) is 9.46. The average Bonchev–Trinajstić information content (AvgIpc) is 2.69. The summed E-state index contributed by atoms with van der Waals surface area (Å²) in [6, 6.07) is 1.90. The van der Waals surface area contributed by atoms with E-state index in [1.165, 1.54) is 0 Å². The van der Waals surface area contributed by atoms with Crippen LogP contribution < -0.4 is 10.6 Å². The van der Waals surface area contributed by atoms with Gasteiger partial charge in [0.05, 0.1) is 22.9 Å². The van der Waals surface area contributed by atoms with Gasteiger partial charge in [-0.1, -0.05) is 0 Å². The minimum Gasteiger partial charge on any atom is -0.385 e. The third kappa shape index (κ3) is 2.93. The number of nitrogens with one attached hydrogen (secondary N) is 2. The molecule has 2 heterocycles. The lowest BCUT2D eigenvalue weighted by atomic mass is 9.94. The maximum atomic E-state index is 12.5. The van der Waals surface area contributed by atoms with Crippen molar-refractivity contribution in [1.29, 1.82) is 0 Å². The highest BCUT2D eigenvalue weighted by Crippen LogP contribution is 2.26. The number of rotatable bonds is 4. The van der Waals surface area contributed by atoms with E-state index in [1.54, 1.807) is 6.20 Å². The first-order valence-corrected chi connectivity index (χ1v) is 7.11. The largest absolute Gasteiger partial charge is 0.385 e. The molecule has 2 rings (SSSR count). The van der Waals surface area contributed by atoms with Crippen LogP contribution in [0.3, 0.4) is 0 Å². The quantitative estimate of drug-likeness (QED) is 0.885. The highest BCUT2D eigenvalue weighted by Gasteiger charge is 2.38. The highest BCUT2D eigenvalue weighted by molar-refractivity contribution is 5.99. The predicted molar refractivity (Wildman–Crippen MR) is 79.0 cm³/mol. The number of pyridine rings is 1. The van der Waals surface area contributed by atoms with Gasteiger partial charge in [0.2, 0.25) is 0 Å². The van der Waals surface area contributed by atoms with Crippen molar-refractivity contribution in [2.24, 2.45) is 0 Å². The molecule has 1 aliphatic heterocycles. The van der Waals surface area contributed by atoms with Gasteiger partial charge in [-0.3, -0.25) is 9.78 Å². The van der Waals surface area contributed by atoms with Crippen LogP contribution in [0.1, 0.15) is 43.2 Å². The second-order valence-electron chi connectivity index (χ2n) is 5.54. The molecule has 0 aliphatic carbocycles. The molecule has 0 bridgehead atoms. The van der Waals surface area contributed by atoms with Gasteiger partial charge in [-0.2, -0.15) is 0 Å². The number of aryl methyl sites for hydroxylation is 1. The molecule has 1 aliphatic rings. The fraction of sp³-hybridized carbons (Fsp3) is 0.600. The Balaban J connectivity index is 2.21. The fourth-order valence-electron chi connectivity index (χ4n) is 2.40. The summed E-state index contributed by atoms with van der Waals surface area (Å²) in [4.78, 5) is 16.7. The molecule has 0 saturated carbocycles. The summed E-state index contributed by atoms with van der Waals surface area (Å²) >= 11 is 0. The van der Waals surface area contributed by atoms with Gasteiger partial charge in [0.25, 0.3) is 5.91 Å². The summed E-state index contributed by atoms with van der Waals surface area (Å²) in [7, 11) is 0. The van der Waals surface area contributed by atoms with Crippen LogP contribution >= 0.6 is 0 Å². The Hall–Kier alpha value is -1.62. The van der Waals surface area contributed by atoms with Crippen molar-refractivity contribution in [2.75, 3.05) is 18.5 Å². The van der Waals surface area contributed by atoms with Gasteiger partial charge in [0, 0.05) is 25.0 Å². The van der Waals surface area contributed by atoms with E-state index < -0.39 is 0 Å². The standard InChI is InChI=1S/C15H23N3O2/c1-5-16-13-8-10(2)17-9-12(13)14(19)18-15(4)6-7-20-11(15)3/h8-9,11H,5-7H2,1-4H3,(H,16,17)(H,18,19). The molecule has 0 aromatic carbocycles. The molecule has 0 spiro atoms. The smallest absolute Gasteiger partial charge is 0.255 e. The van der Waals surface area contributed by atoms with E-state index in [0.29, 0.717) is 12.2 Å². The van der Waals surface area contributed by atoms with E-state index in [4.69, 9.17) is 4.74 Å². The maximum absolute atomic E-state index is 12.5. The Morgan fingerprint density at radius 2 is 2.35 bits per heavy atom. The van der Waals surface area contributed by atoms with Crippen LogP contribution in [-0.2, 0) is 4.74 Å². The minimum absolute atomic E-state index is 0.0208. The van der Waals surface area contributed by atoms with Crippen molar-refractivity contribution in [3.63, 3.8) is 0 Å². The monoisotopic (exact) mass is 277 g/mol. The van der Waals surface area contributed by atoms with Crippen LogP contribution in [0.2, 0.25) is 0 Å². The first kappa shape index (κ1) is 14.8. The molecule has 1 aromatic rings. The van der Waals surface area contributed by atoms with Crippen LogP contribution in [0.25, 0.3) is 0 Å². The van der Waals surface area contributed by atoms with Gasteiger partial charge in [0.15, 0.2) is 0 Å². The van der Waals surface area contributed by atoms with Crippen molar-refractivity contribution in [3.8, 4) is 0 Å². The molecular formula is C15H23N3O2. The topological polar surface area (TPSA) is 63.2 Å². The Morgan fingerprint density at radius 1 is 1.60 bits per heavy atom. The summed E-state index contributed by atoms with van der Waals surface area (Å²) in [5.41, 5.74) is 1.98. The minimum atomic E-state index is -0.314. The van der Waals surface area contributed by atoms with E-state index in [0.717, 1.165) is 24.3 Å². The second kappa shape index (κ2) is 5.79. The van der Waals surface area contributed by atoms with Crippen LogP contribution in [0.4, 0.5) is 5.69 Å². The van der Waals surface area contributed by atoms with Crippen molar-refractivity contribution >= 4 is 11.6 Å². The van der Waals surface area contributed by atoms with Gasteiger partial charge < -0.3 is 15.4 Å². The number of amides is 1. The zero-order chi connectivity index (χ0) is 14.8. The Bertz CT molecular complexity index is 504. The van der Waals surface area contributed by atoms with Crippen LogP contribution in [0, 0.1) is 6.92 Å². The number of carbonyl (C=O) groups is 1. The van der Waals surface area contributed by atoms with Crippen molar-refractivity contribution in [1.82, 2.24) is 10.3 Å². The third-order valence-electron chi connectivity index (χ3n) is 3.94. The van der Waals surface area contributed by atoms with Gasteiger partial charge in [-0.05, 0) is 40.2 Å². The van der Waals surface area contributed by atoms with E-state index in [2.05, 4.69) is 15.6 Å². The third-order valence-corrected chi connectivity index (χ3v) is 3.94. The Morgan fingerprint density at radius 3 is 2.95 bits per heavy atom. The van der Waals surface area contributed by atoms with Crippen LogP contribution in [-0.4, -0.2) is 35.7 Å². The average molecular weight is 277 g/mol. The normalized spacial score (nSPS) is 25.5. The van der Waals surface area contributed by atoms with E-state index in [-0.39, 0.29) is 17.6 Å².